The zero-order valence-electron chi connectivity index (χ0n) is 18.8. The monoisotopic (exact) mass is 437 g/mol. The average Bonchev–Trinajstić information content (AvgIpc) is 2.77. The Morgan fingerprint density at radius 2 is 1.48 bits per heavy atom. The largest absolute Gasteiger partial charge is 0.496 e. The van der Waals surface area contributed by atoms with Gasteiger partial charge in [-0.05, 0) is 75.2 Å². The maximum absolute atomic E-state index is 6.02. The molecule has 0 radical (unpaired) electrons. The van der Waals surface area contributed by atoms with Crippen molar-refractivity contribution in [2.75, 3.05) is 13.7 Å². The third-order valence-electron chi connectivity index (χ3n) is 5.42. The van der Waals surface area contributed by atoms with E-state index in [0.717, 1.165) is 29.5 Å². The van der Waals surface area contributed by atoms with Crippen LogP contribution in [0.1, 0.15) is 55.8 Å². The third kappa shape index (κ3) is 6.49. The standard InChI is InChI=1S/C27H32ClNO2/c1-19(2)31-24-15-11-22(12-16-24)25(26-7-5-6-8-27(26)30-4)17-18-29-20(3)21-9-13-23(28)14-10-21/h5-16,19-20,25,29H,17-18H2,1-4H3/t20-,25-/m1/s1. The minimum Gasteiger partial charge on any atom is -0.496 e. The number of rotatable bonds is 10. The molecule has 0 aromatic heterocycles. The zero-order valence-corrected chi connectivity index (χ0v) is 19.5. The van der Waals surface area contributed by atoms with Crippen molar-refractivity contribution in [3.8, 4) is 11.5 Å². The van der Waals surface area contributed by atoms with E-state index in [1.165, 1.54) is 16.7 Å². The summed E-state index contributed by atoms with van der Waals surface area (Å²) >= 11 is 6.02. The van der Waals surface area contributed by atoms with Crippen LogP contribution in [0.25, 0.3) is 0 Å². The number of ether oxygens (including phenoxy) is 2. The molecule has 0 bridgehead atoms. The number of nitrogens with one attached hydrogen (secondary N) is 1. The highest BCUT2D eigenvalue weighted by Crippen LogP contribution is 2.35. The van der Waals surface area contributed by atoms with Crippen LogP contribution >= 0.6 is 11.6 Å². The van der Waals surface area contributed by atoms with Gasteiger partial charge in [0.2, 0.25) is 0 Å². The minimum absolute atomic E-state index is 0.161. The highest BCUT2D eigenvalue weighted by atomic mass is 35.5. The molecular weight excluding hydrogens is 406 g/mol. The molecule has 0 aliphatic carbocycles. The molecule has 164 valence electrons. The Bertz CT molecular complexity index is 938. The van der Waals surface area contributed by atoms with E-state index in [2.05, 4.69) is 60.8 Å². The van der Waals surface area contributed by atoms with E-state index in [1.807, 2.05) is 38.1 Å². The molecule has 0 unspecified atom stereocenters. The van der Waals surface area contributed by atoms with Crippen LogP contribution in [-0.4, -0.2) is 19.8 Å². The van der Waals surface area contributed by atoms with Crippen LogP contribution in [0.2, 0.25) is 5.02 Å². The maximum atomic E-state index is 6.02. The van der Waals surface area contributed by atoms with E-state index >= 15 is 0 Å². The van der Waals surface area contributed by atoms with Crippen molar-refractivity contribution in [2.45, 2.75) is 45.3 Å². The summed E-state index contributed by atoms with van der Waals surface area (Å²) in [7, 11) is 1.73. The lowest BCUT2D eigenvalue weighted by Gasteiger charge is -2.23. The van der Waals surface area contributed by atoms with Gasteiger partial charge >= 0.3 is 0 Å². The summed E-state index contributed by atoms with van der Waals surface area (Å²) < 4.78 is 11.5. The SMILES string of the molecule is COc1ccccc1[C@H](CCN[C@H](C)c1ccc(Cl)cc1)c1ccc(OC(C)C)cc1. The first kappa shape index (κ1) is 23.2. The summed E-state index contributed by atoms with van der Waals surface area (Å²) in [5.74, 6) is 2.03. The van der Waals surface area contributed by atoms with Gasteiger partial charge < -0.3 is 14.8 Å². The van der Waals surface area contributed by atoms with Gasteiger partial charge in [-0.3, -0.25) is 0 Å². The van der Waals surface area contributed by atoms with E-state index in [1.54, 1.807) is 7.11 Å². The van der Waals surface area contributed by atoms with E-state index in [-0.39, 0.29) is 18.1 Å². The van der Waals surface area contributed by atoms with Crippen molar-refractivity contribution in [1.82, 2.24) is 5.32 Å². The average molecular weight is 438 g/mol. The molecule has 1 N–H and O–H groups in total. The molecule has 0 spiro atoms. The second-order valence-electron chi connectivity index (χ2n) is 8.05. The van der Waals surface area contributed by atoms with Gasteiger partial charge in [0.05, 0.1) is 13.2 Å². The van der Waals surface area contributed by atoms with Gasteiger partial charge in [-0.15, -0.1) is 0 Å². The Labute approximate surface area is 191 Å². The van der Waals surface area contributed by atoms with Gasteiger partial charge in [0.1, 0.15) is 11.5 Å². The Morgan fingerprint density at radius 3 is 2.13 bits per heavy atom. The van der Waals surface area contributed by atoms with Crippen LogP contribution in [0.3, 0.4) is 0 Å². The Kier molecular flexibility index (Phi) is 8.39. The minimum atomic E-state index is 0.161. The molecule has 3 aromatic carbocycles. The van der Waals surface area contributed by atoms with Gasteiger partial charge in [-0.25, -0.2) is 0 Å². The molecule has 0 aliphatic rings. The first-order chi connectivity index (χ1) is 15.0. The van der Waals surface area contributed by atoms with Crippen molar-refractivity contribution >= 4 is 11.6 Å². The van der Waals surface area contributed by atoms with Crippen molar-refractivity contribution in [3.63, 3.8) is 0 Å². The second-order valence-corrected chi connectivity index (χ2v) is 8.48. The molecule has 3 aromatic rings. The number of para-hydroxylation sites is 1. The van der Waals surface area contributed by atoms with E-state index in [0.29, 0.717) is 0 Å². The first-order valence-electron chi connectivity index (χ1n) is 10.9. The van der Waals surface area contributed by atoms with Crippen molar-refractivity contribution in [3.05, 3.63) is 94.5 Å². The third-order valence-corrected chi connectivity index (χ3v) is 5.67. The second kappa shape index (κ2) is 11.2. The summed E-state index contributed by atoms with van der Waals surface area (Å²) in [5.41, 5.74) is 3.68. The fourth-order valence-corrected chi connectivity index (χ4v) is 3.95. The Hall–Kier alpha value is -2.49. The van der Waals surface area contributed by atoms with Gasteiger partial charge in [0, 0.05) is 22.5 Å². The van der Waals surface area contributed by atoms with Crippen molar-refractivity contribution < 1.29 is 9.47 Å². The predicted molar refractivity (Wildman–Crippen MR) is 130 cm³/mol. The molecule has 4 heteroatoms. The number of methoxy groups -OCH3 is 1. The van der Waals surface area contributed by atoms with Gasteiger partial charge in [0.25, 0.3) is 0 Å². The molecule has 0 amide bonds. The highest BCUT2D eigenvalue weighted by Gasteiger charge is 2.19. The highest BCUT2D eigenvalue weighted by molar-refractivity contribution is 6.30. The molecule has 3 nitrogen and oxygen atoms in total. The van der Waals surface area contributed by atoms with Crippen LogP contribution in [-0.2, 0) is 0 Å². The van der Waals surface area contributed by atoms with Crippen molar-refractivity contribution in [1.29, 1.82) is 0 Å². The molecule has 31 heavy (non-hydrogen) atoms. The van der Waals surface area contributed by atoms with E-state index in [9.17, 15) is 0 Å². The lowest BCUT2D eigenvalue weighted by atomic mass is 9.87. The topological polar surface area (TPSA) is 30.5 Å². The number of halogens is 1. The van der Waals surface area contributed by atoms with Gasteiger partial charge in [-0.1, -0.05) is 54.1 Å². The van der Waals surface area contributed by atoms with Crippen molar-refractivity contribution in [2.24, 2.45) is 0 Å². The molecule has 0 heterocycles. The molecular formula is C27H32ClNO2. The normalized spacial score (nSPS) is 13.1. The van der Waals surface area contributed by atoms with Crippen LogP contribution in [0.15, 0.2) is 72.8 Å². The van der Waals surface area contributed by atoms with E-state index < -0.39 is 0 Å². The van der Waals surface area contributed by atoms with Crippen LogP contribution in [0.5, 0.6) is 11.5 Å². The van der Waals surface area contributed by atoms with E-state index in [4.69, 9.17) is 21.1 Å². The number of hydrogen-bond donors (Lipinski definition) is 1. The van der Waals surface area contributed by atoms with Crippen LogP contribution in [0.4, 0.5) is 0 Å². The summed E-state index contributed by atoms with van der Waals surface area (Å²) in [6, 6.07) is 25.0. The first-order valence-corrected chi connectivity index (χ1v) is 11.2. The Balaban J connectivity index is 1.77. The molecule has 2 atom stereocenters. The lowest BCUT2D eigenvalue weighted by Crippen LogP contribution is -2.22. The number of benzene rings is 3. The molecule has 0 saturated heterocycles. The van der Waals surface area contributed by atoms with Gasteiger partial charge in [0.15, 0.2) is 0 Å². The fourth-order valence-electron chi connectivity index (χ4n) is 3.82. The molecule has 0 saturated carbocycles. The fraction of sp³-hybridized carbons (Fsp3) is 0.333. The Morgan fingerprint density at radius 1 is 0.839 bits per heavy atom. The quantitative estimate of drug-likeness (QED) is 0.370. The summed E-state index contributed by atoms with van der Waals surface area (Å²) in [6.07, 6.45) is 1.11. The lowest BCUT2D eigenvalue weighted by molar-refractivity contribution is 0.242. The molecule has 0 fully saturated rings. The van der Waals surface area contributed by atoms with Crippen LogP contribution in [0, 0.1) is 0 Å². The zero-order chi connectivity index (χ0) is 22.2. The maximum Gasteiger partial charge on any atom is 0.122 e. The molecule has 0 aliphatic heterocycles. The van der Waals surface area contributed by atoms with Crippen LogP contribution < -0.4 is 14.8 Å². The smallest absolute Gasteiger partial charge is 0.122 e. The summed E-state index contributed by atoms with van der Waals surface area (Å²) in [5, 5.41) is 4.42. The number of hydrogen-bond acceptors (Lipinski definition) is 3. The summed E-state index contributed by atoms with van der Waals surface area (Å²) in [4.78, 5) is 0. The molecule has 3 rings (SSSR count). The summed E-state index contributed by atoms with van der Waals surface area (Å²) in [6.45, 7) is 7.13. The van der Waals surface area contributed by atoms with Gasteiger partial charge in [-0.2, -0.15) is 0 Å². The predicted octanol–water partition coefficient (Wildman–Crippen LogP) is 7.01.